The molecule has 0 radical (unpaired) electrons. The number of nitrogens with two attached hydrogens (primary N) is 2. The van der Waals surface area contributed by atoms with Crippen molar-refractivity contribution in [3.63, 3.8) is 0 Å². The van der Waals surface area contributed by atoms with E-state index in [0.29, 0.717) is 92.5 Å². The molecule has 74 heavy (non-hydrogen) atoms. The third-order valence-electron chi connectivity index (χ3n) is 11.4. The fraction of sp³-hybridized carbons (Fsp3) is 0.440. The van der Waals surface area contributed by atoms with Gasteiger partial charge in [0.25, 0.3) is 5.91 Å². The molecule has 23 nitrogen and oxygen atoms in total. The Kier molecular flexibility index (Phi) is 23.1. The Morgan fingerprint density at radius 1 is 0.811 bits per heavy atom. The second-order valence-corrected chi connectivity index (χ2v) is 18.2. The Balaban J connectivity index is 1.06. The smallest absolute Gasteiger partial charge is 0.407 e. The van der Waals surface area contributed by atoms with Gasteiger partial charge in [-0.1, -0.05) is 48.3 Å². The number of carbonyl (C=O) groups excluding carboxylic acids is 7. The van der Waals surface area contributed by atoms with Crippen LogP contribution in [0.15, 0.2) is 73.2 Å². The van der Waals surface area contributed by atoms with E-state index in [1.165, 1.54) is 6.20 Å². The lowest BCUT2D eigenvalue weighted by molar-refractivity contribution is -0.132. The van der Waals surface area contributed by atoms with Gasteiger partial charge in [0.05, 0.1) is 54.6 Å². The van der Waals surface area contributed by atoms with Crippen molar-refractivity contribution in [1.29, 1.82) is 0 Å². The first kappa shape index (κ1) is 57.3. The monoisotopic (exact) mass is 1090 g/mol. The lowest BCUT2D eigenvalue weighted by Gasteiger charge is -2.30. The van der Waals surface area contributed by atoms with Crippen molar-refractivity contribution in [3.8, 4) is 17.0 Å². The number of rotatable bonds is 27. The summed E-state index contributed by atoms with van der Waals surface area (Å²) in [6.07, 6.45) is 6.21. The molecule has 1 saturated heterocycles. The molecule has 4 aromatic rings. The van der Waals surface area contributed by atoms with Crippen LogP contribution in [0.3, 0.4) is 0 Å². The lowest BCUT2D eigenvalue weighted by atomic mass is 10.0. The number of urea groups is 1. The summed E-state index contributed by atoms with van der Waals surface area (Å²) < 4.78 is 16.9. The standard InChI is InChI=1S/C50H66BrN13O10/c1-31(2)43(63-41(65)9-5-4-6-19-55-42(66)26-51)47(68)61-37(8-7-20-56-49(53)70)46(67)59-35-14-10-33(11-15-35)30-73-50(71)58-27-32(3)74-36-16-12-34(13-17-36)38-29-57-45(52)44(60-38)48(69)62-39-28-54-21-18-40(39)64-22-24-72-25-23-64/h10-18,21,28-29,31-32,37,43H,4-9,19-20,22-27,30H2,1-3H3,(H2,52,57)(H,55,66)(H,58,71)(H,59,67)(H,61,68)(H,62,69)(H,63,65)(H3,53,56,70)/t32?,37-,43-/m0/s1. The van der Waals surface area contributed by atoms with Crippen LogP contribution in [0.25, 0.3) is 11.3 Å². The third kappa shape index (κ3) is 19.1. The Labute approximate surface area is 437 Å². The molecule has 11 N–H and O–H groups in total. The van der Waals surface area contributed by atoms with Crippen LogP contribution in [0.1, 0.15) is 75.3 Å². The summed E-state index contributed by atoms with van der Waals surface area (Å²) in [7, 11) is 0. The minimum absolute atomic E-state index is 0.0291. The van der Waals surface area contributed by atoms with E-state index in [1.807, 2.05) is 6.07 Å². The zero-order valence-electron chi connectivity index (χ0n) is 41.7. The highest BCUT2D eigenvalue weighted by Crippen LogP contribution is 2.27. The van der Waals surface area contributed by atoms with Crippen molar-refractivity contribution in [3.05, 3.63) is 84.4 Å². The van der Waals surface area contributed by atoms with Gasteiger partial charge in [-0.2, -0.15) is 0 Å². The summed E-state index contributed by atoms with van der Waals surface area (Å²) in [5.41, 5.74) is 14.7. The molecule has 8 amide bonds. The van der Waals surface area contributed by atoms with Crippen molar-refractivity contribution >= 4 is 80.5 Å². The van der Waals surface area contributed by atoms with E-state index in [4.69, 9.17) is 25.7 Å². The number of alkyl carbamates (subject to hydrolysis) is 1. The molecule has 5 rings (SSSR count). The normalized spacial score (nSPS) is 13.3. The zero-order valence-corrected chi connectivity index (χ0v) is 43.3. The molecule has 1 aliphatic rings. The highest BCUT2D eigenvalue weighted by atomic mass is 79.9. The van der Waals surface area contributed by atoms with Crippen LogP contribution in [0.4, 0.5) is 32.5 Å². The van der Waals surface area contributed by atoms with Gasteiger partial charge in [0.15, 0.2) is 11.5 Å². The first-order valence-electron chi connectivity index (χ1n) is 24.3. The highest BCUT2D eigenvalue weighted by Gasteiger charge is 2.29. The molecule has 1 fully saturated rings. The van der Waals surface area contributed by atoms with Crippen molar-refractivity contribution < 1.29 is 47.8 Å². The van der Waals surface area contributed by atoms with Crippen LogP contribution < -0.4 is 58.3 Å². The maximum Gasteiger partial charge on any atom is 0.407 e. The molecular weight excluding hydrogens is 1020 g/mol. The van der Waals surface area contributed by atoms with Gasteiger partial charge in [-0.25, -0.2) is 19.6 Å². The van der Waals surface area contributed by atoms with Crippen molar-refractivity contribution in [2.45, 2.75) is 84.1 Å². The summed E-state index contributed by atoms with van der Waals surface area (Å²) in [5.74, 6) is -1.84. The number of nitrogen functional groups attached to an aromatic ring is 1. The second-order valence-electron chi connectivity index (χ2n) is 17.6. The molecule has 0 bridgehead atoms. The van der Waals surface area contributed by atoms with Gasteiger partial charge in [-0.3, -0.25) is 29.0 Å². The molecule has 398 valence electrons. The Morgan fingerprint density at radius 2 is 1.54 bits per heavy atom. The van der Waals surface area contributed by atoms with Crippen LogP contribution >= 0.6 is 15.9 Å². The summed E-state index contributed by atoms with van der Waals surface area (Å²) in [4.78, 5) is 104. The first-order valence-corrected chi connectivity index (χ1v) is 25.5. The lowest BCUT2D eigenvalue weighted by Crippen LogP contribution is -2.54. The molecule has 24 heteroatoms. The van der Waals surface area contributed by atoms with Gasteiger partial charge >= 0.3 is 12.1 Å². The van der Waals surface area contributed by atoms with Crippen LogP contribution in [-0.2, 0) is 35.3 Å². The molecule has 0 spiro atoms. The predicted octanol–water partition coefficient (Wildman–Crippen LogP) is 3.99. The molecular formula is C50H66BrN13O10. The van der Waals surface area contributed by atoms with E-state index < -0.39 is 48.0 Å². The third-order valence-corrected chi connectivity index (χ3v) is 11.9. The quantitative estimate of drug-likeness (QED) is 0.0301. The Bertz CT molecular complexity index is 2510. The van der Waals surface area contributed by atoms with E-state index in [1.54, 1.807) is 81.7 Å². The number of pyridine rings is 1. The summed E-state index contributed by atoms with van der Waals surface area (Å²) in [5, 5.41) is 19.4. The fourth-order valence-corrected chi connectivity index (χ4v) is 7.66. The molecule has 2 aromatic heterocycles. The van der Waals surface area contributed by atoms with Crippen LogP contribution in [0.2, 0.25) is 0 Å². The van der Waals surface area contributed by atoms with Crippen LogP contribution in [0.5, 0.6) is 5.75 Å². The number of ether oxygens (including phenoxy) is 3. The number of primary amides is 1. The van der Waals surface area contributed by atoms with Gasteiger partial charge in [-0.05, 0) is 86.6 Å². The number of benzene rings is 2. The SMILES string of the molecule is CC(CNC(=O)OCc1ccc(NC(=O)[C@H](CCCNC(N)=O)NC(=O)[C@@H](NC(=O)CCCCCNC(=O)CBr)C(C)C)cc1)Oc1ccc(-c2cnc(N)c(C(=O)Nc3cnccc3N3CCOCC3)n2)cc1. The number of halogens is 1. The van der Waals surface area contributed by atoms with E-state index in [0.717, 1.165) is 5.69 Å². The number of anilines is 4. The number of carbonyl (C=O) groups is 7. The molecule has 1 unspecified atom stereocenters. The Morgan fingerprint density at radius 3 is 2.24 bits per heavy atom. The first-order chi connectivity index (χ1) is 35.6. The second kappa shape index (κ2) is 29.8. The highest BCUT2D eigenvalue weighted by molar-refractivity contribution is 9.09. The average Bonchev–Trinajstić information content (AvgIpc) is 3.39. The van der Waals surface area contributed by atoms with E-state index in [2.05, 4.69) is 73.0 Å². The molecule has 3 atom stereocenters. The minimum atomic E-state index is -1.03. The van der Waals surface area contributed by atoms with Crippen LogP contribution in [-0.4, -0.2) is 126 Å². The van der Waals surface area contributed by atoms with Gasteiger partial charge in [0.1, 0.15) is 30.5 Å². The number of unbranched alkanes of at least 4 members (excludes halogenated alkanes) is 2. The van der Waals surface area contributed by atoms with Crippen molar-refractivity contribution in [2.24, 2.45) is 11.7 Å². The van der Waals surface area contributed by atoms with E-state index in [-0.39, 0.29) is 67.1 Å². The minimum Gasteiger partial charge on any atom is -0.489 e. The number of aromatic nitrogens is 3. The topological polar surface area (TPSA) is 325 Å². The Hall–Kier alpha value is -7.60. The van der Waals surface area contributed by atoms with Crippen LogP contribution in [0, 0.1) is 5.92 Å². The average molecular weight is 1090 g/mol. The number of morpholine rings is 1. The molecule has 3 heterocycles. The largest absolute Gasteiger partial charge is 0.489 e. The molecule has 1 aliphatic heterocycles. The number of amides is 8. The molecule has 0 aliphatic carbocycles. The number of alkyl halides is 1. The predicted molar refractivity (Wildman–Crippen MR) is 281 cm³/mol. The molecule has 0 saturated carbocycles. The van der Waals surface area contributed by atoms with Gasteiger partial charge in [0, 0.05) is 50.0 Å². The summed E-state index contributed by atoms with van der Waals surface area (Å²) in [6, 6.07) is 12.7. The number of nitrogens with zero attached hydrogens (tertiary/aromatic N) is 4. The zero-order chi connectivity index (χ0) is 53.4. The number of hydrogen-bond acceptors (Lipinski definition) is 15. The van der Waals surface area contributed by atoms with E-state index in [9.17, 15) is 33.6 Å². The maximum atomic E-state index is 13.6. The maximum absolute atomic E-state index is 13.6. The van der Waals surface area contributed by atoms with Crippen molar-refractivity contribution in [2.75, 3.05) is 72.5 Å². The summed E-state index contributed by atoms with van der Waals surface area (Å²) >= 11 is 3.09. The fourth-order valence-electron chi connectivity index (χ4n) is 7.46. The summed E-state index contributed by atoms with van der Waals surface area (Å²) in [6.45, 7) is 8.56. The van der Waals surface area contributed by atoms with Gasteiger partial charge in [-0.15, -0.1) is 0 Å². The molecule has 2 aromatic carbocycles. The number of hydrogen-bond donors (Lipinski definition) is 9. The van der Waals surface area contributed by atoms with E-state index >= 15 is 0 Å². The van der Waals surface area contributed by atoms with Gasteiger partial charge < -0.3 is 67.8 Å². The van der Waals surface area contributed by atoms with Gasteiger partial charge in [0.2, 0.25) is 23.6 Å². The van der Waals surface area contributed by atoms with Crippen molar-refractivity contribution in [1.82, 2.24) is 41.5 Å². The number of nitrogens with one attached hydrogen (secondary N) is 7.